The van der Waals surface area contributed by atoms with Gasteiger partial charge >= 0.3 is 0 Å². The lowest BCUT2D eigenvalue weighted by Crippen LogP contribution is -2.54. The molecule has 1 N–H and O–H groups in total. The first-order valence-electron chi connectivity index (χ1n) is 8.02. The van der Waals surface area contributed by atoms with E-state index < -0.39 is 10.2 Å². The number of carbonyl (C=O) groups is 2. The van der Waals surface area contributed by atoms with Crippen molar-refractivity contribution >= 4 is 22.0 Å². The van der Waals surface area contributed by atoms with Gasteiger partial charge < -0.3 is 10.2 Å². The first kappa shape index (κ1) is 19.4. The van der Waals surface area contributed by atoms with Crippen LogP contribution >= 0.6 is 0 Å². The number of benzene rings is 1. The highest BCUT2D eigenvalue weighted by molar-refractivity contribution is 7.86. The molecule has 2 rings (SSSR count). The van der Waals surface area contributed by atoms with Gasteiger partial charge in [-0.1, -0.05) is 18.2 Å². The van der Waals surface area contributed by atoms with Crippen LogP contribution in [0.25, 0.3) is 0 Å². The van der Waals surface area contributed by atoms with Crippen molar-refractivity contribution in [3.05, 3.63) is 35.4 Å². The lowest BCUT2D eigenvalue weighted by atomic mass is 10.1. The molecule has 0 bridgehead atoms. The Hall–Kier alpha value is -1.97. The summed E-state index contributed by atoms with van der Waals surface area (Å²) in [7, 11) is -0.496. The molecule has 0 unspecified atom stereocenters. The van der Waals surface area contributed by atoms with Crippen LogP contribution in [0, 0.1) is 6.92 Å². The van der Waals surface area contributed by atoms with E-state index in [4.69, 9.17) is 0 Å². The first-order chi connectivity index (χ1) is 11.7. The van der Waals surface area contributed by atoms with Gasteiger partial charge in [-0.15, -0.1) is 0 Å². The molecule has 1 aromatic carbocycles. The average molecular weight is 368 g/mol. The summed E-state index contributed by atoms with van der Waals surface area (Å²) < 4.78 is 26.6. The van der Waals surface area contributed by atoms with Gasteiger partial charge in [0.2, 0.25) is 5.91 Å². The van der Waals surface area contributed by atoms with E-state index in [1.165, 1.54) is 18.4 Å². The fraction of sp³-hybridized carbons (Fsp3) is 0.500. The largest absolute Gasteiger partial charge is 0.343 e. The second-order valence-corrected chi connectivity index (χ2v) is 8.21. The van der Waals surface area contributed by atoms with E-state index in [2.05, 4.69) is 5.32 Å². The summed E-state index contributed by atoms with van der Waals surface area (Å²) in [5, 5.41) is 2.63. The Morgan fingerprint density at radius 1 is 1.12 bits per heavy atom. The standard InChI is InChI=1S/C16H24N4O4S/c1-13-6-4-5-7-14(13)16(22)17-12-15(21)19-8-10-20(11-9-19)25(23,24)18(2)3/h4-7H,8-12H2,1-3H3,(H,17,22). The number of hydrogen-bond donors (Lipinski definition) is 1. The van der Waals surface area contributed by atoms with E-state index in [9.17, 15) is 18.0 Å². The molecular weight excluding hydrogens is 344 g/mol. The zero-order chi connectivity index (χ0) is 18.6. The number of aryl methyl sites for hydroxylation is 1. The van der Waals surface area contributed by atoms with Gasteiger partial charge in [-0.25, -0.2) is 0 Å². The number of nitrogens with zero attached hydrogens (tertiary/aromatic N) is 3. The minimum atomic E-state index is -3.46. The van der Waals surface area contributed by atoms with Crippen LogP contribution in [0.5, 0.6) is 0 Å². The van der Waals surface area contributed by atoms with Gasteiger partial charge in [0.05, 0.1) is 6.54 Å². The quantitative estimate of drug-likeness (QED) is 0.771. The molecule has 138 valence electrons. The lowest BCUT2D eigenvalue weighted by Gasteiger charge is -2.35. The highest BCUT2D eigenvalue weighted by Crippen LogP contribution is 2.10. The van der Waals surface area contributed by atoms with Crippen molar-refractivity contribution in [1.82, 2.24) is 18.8 Å². The Morgan fingerprint density at radius 3 is 2.28 bits per heavy atom. The highest BCUT2D eigenvalue weighted by atomic mass is 32.2. The molecule has 1 aromatic rings. The summed E-state index contributed by atoms with van der Waals surface area (Å²) in [6, 6.07) is 7.16. The summed E-state index contributed by atoms with van der Waals surface area (Å²) >= 11 is 0. The maximum Gasteiger partial charge on any atom is 0.281 e. The van der Waals surface area contributed by atoms with E-state index in [1.54, 1.807) is 17.0 Å². The van der Waals surface area contributed by atoms with Crippen LogP contribution < -0.4 is 5.32 Å². The van der Waals surface area contributed by atoms with Gasteiger partial charge in [0, 0.05) is 45.8 Å². The van der Waals surface area contributed by atoms with Crippen LogP contribution in [-0.2, 0) is 15.0 Å². The topological polar surface area (TPSA) is 90.0 Å². The third-order valence-electron chi connectivity index (χ3n) is 4.17. The Morgan fingerprint density at radius 2 is 1.72 bits per heavy atom. The third-order valence-corrected chi connectivity index (χ3v) is 6.11. The van der Waals surface area contributed by atoms with Crippen molar-refractivity contribution in [2.45, 2.75) is 6.92 Å². The molecule has 1 fully saturated rings. The van der Waals surface area contributed by atoms with E-state index in [1.807, 2.05) is 19.1 Å². The molecule has 25 heavy (non-hydrogen) atoms. The minimum Gasteiger partial charge on any atom is -0.343 e. The molecule has 8 nitrogen and oxygen atoms in total. The fourth-order valence-corrected chi connectivity index (χ4v) is 3.68. The molecule has 0 aromatic heterocycles. The van der Waals surface area contributed by atoms with Gasteiger partial charge in [-0.2, -0.15) is 17.0 Å². The number of carbonyl (C=O) groups excluding carboxylic acids is 2. The van der Waals surface area contributed by atoms with Crippen LogP contribution in [-0.4, -0.2) is 80.6 Å². The molecule has 0 aliphatic carbocycles. The molecular formula is C16H24N4O4S. The summed E-state index contributed by atoms with van der Waals surface area (Å²) in [5.74, 6) is -0.510. The van der Waals surface area contributed by atoms with Crippen molar-refractivity contribution in [3.63, 3.8) is 0 Å². The summed E-state index contributed by atoms with van der Waals surface area (Å²) in [6.45, 7) is 2.85. The first-order valence-corrected chi connectivity index (χ1v) is 9.42. The number of piperazine rings is 1. The summed E-state index contributed by atoms with van der Waals surface area (Å²) in [4.78, 5) is 25.9. The second-order valence-electron chi connectivity index (χ2n) is 6.07. The Balaban J connectivity index is 1.85. The second kappa shape index (κ2) is 7.94. The fourth-order valence-electron chi connectivity index (χ4n) is 2.59. The number of hydrogen-bond acceptors (Lipinski definition) is 4. The van der Waals surface area contributed by atoms with Crippen molar-refractivity contribution in [3.8, 4) is 0 Å². The summed E-state index contributed by atoms with van der Waals surface area (Å²) in [6.07, 6.45) is 0. The van der Waals surface area contributed by atoms with Gasteiger partial charge in [0.15, 0.2) is 0 Å². The van der Waals surface area contributed by atoms with Crippen LogP contribution in [0.1, 0.15) is 15.9 Å². The van der Waals surface area contributed by atoms with Crippen LogP contribution in [0.2, 0.25) is 0 Å². The highest BCUT2D eigenvalue weighted by Gasteiger charge is 2.30. The molecule has 0 spiro atoms. The van der Waals surface area contributed by atoms with Gasteiger partial charge in [-0.05, 0) is 18.6 Å². The average Bonchev–Trinajstić information content (AvgIpc) is 2.59. The van der Waals surface area contributed by atoms with Crippen LogP contribution in [0.4, 0.5) is 0 Å². The molecule has 1 heterocycles. The number of amides is 2. The molecule has 1 aliphatic rings. The molecule has 0 saturated carbocycles. The maximum atomic E-state index is 12.2. The smallest absolute Gasteiger partial charge is 0.281 e. The Kier molecular flexibility index (Phi) is 6.15. The SMILES string of the molecule is Cc1ccccc1C(=O)NCC(=O)N1CCN(S(=O)(=O)N(C)C)CC1. The van der Waals surface area contributed by atoms with Crippen LogP contribution in [0.3, 0.4) is 0 Å². The van der Waals surface area contributed by atoms with Crippen molar-refractivity contribution in [2.75, 3.05) is 46.8 Å². The van der Waals surface area contributed by atoms with Gasteiger partial charge in [-0.3, -0.25) is 9.59 Å². The molecule has 1 saturated heterocycles. The zero-order valence-electron chi connectivity index (χ0n) is 14.7. The van der Waals surface area contributed by atoms with E-state index in [0.29, 0.717) is 18.7 Å². The van der Waals surface area contributed by atoms with Crippen LogP contribution in [0.15, 0.2) is 24.3 Å². The predicted octanol–water partition coefficient (Wildman–Crippen LogP) is -0.325. The maximum absolute atomic E-state index is 12.2. The summed E-state index contributed by atoms with van der Waals surface area (Å²) in [5.41, 5.74) is 1.38. The monoisotopic (exact) mass is 368 g/mol. The zero-order valence-corrected chi connectivity index (χ0v) is 15.5. The Labute approximate surface area is 148 Å². The molecule has 0 atom stereocenters. The number of nitrogens with one attached hydrogen (secondary N) is 1. The predicted molar refractivity (Wildman–Crippen MR) is 94.3 cm³/mol. The Bertz CT molecular complexity index is 740. The van der Waals surface area contributed by atoms with E-state index in [0.717, 1.165) is 9.87 Å². The normalized spacial score (nSPS) is 16.1. The number of rotatable bonds is 5. The van der Waals surface area contributed by atoms with Crippen molar-refractivity contribution in [2.24, 2.45) is 0 Å². The minimum absolute atomic E-state index is 0.104. The molecule has 1 aliphatic heterocycles. The van der Waals surface area contributed by atoms with Crippen molar-refractivity contribution in [1.29, 1.82) is 0 Å². The van der Waals surface area contributed by atoms with Crippen molar-refractivity contribution < 1.29 is 18.0 Å². The lowest BCUT2D eigenvalue weighted by molar-refractivity contribution is -0.131. The van der Waals surface area contributed by atoms with E-state index >= 15 is 0 Å². The van der Waals surface area contributed by atoms with Gasteiger partial charge in [0.25, 0.3) is 16.1 Å². The van der Waals surface area contributed by atoms with E-state index in [-0.39, 0.29) is 31.4 Å². The molecule has 0 radical (unpaired) electrons. The molecule has 9 heteroatoms. The van der Waals surface area contributed by atoms with Gasteiger partial charge in [0.1, 0.15) is 0 Å². The third kappa shape index (κ3) is 4.56. The molecule has 2 amide bonds.